The van der Waals surface area contributed by atoms with Crippen molar-refractivity contribution in [2.75, 3.05) is 18.0 Å². The Balaban J connectivity index is 2.36. The van der Waals surface area contributed by atoms with Gasteiger partial charge in [-0.05, 0) is 38.0 Å². The van der Waals surface area contributed by atoms with E-state index < -0.39 is 6.10 Å². The molecule has 1 aliphatic heterocycles. The number of hydrogen-bond acceptors (Lipinski definition) is 2. The van der Waals surface area contributed by atoms with Gasteiger partial charge in [-0.2, -0.15) is 0 Å². The van der Waals surface area contributed by atoms with Crippen molar-refractivity contribution < 1.29 is 9.50 Å². The maximum Gasteiger partial charge on any atom is 0.123 e. The van der Waals surface area contributed by atoms with Crippen molar-refractivity contribution >= 4 is 5.69 Å². The third kappa shape index (κ3) is 2.12. The zero-order valence-corrected chi connectivity index (χ0v) is 8.91. The molecule has 0 aromatic heterocycles. The van der Waals surface area contributed by atoms with E-state index >= 15 is 0 Å². The molecule has 0 bridgehead atoms. The van der Waals surface area contributed by atoms with E-state index in [0.717, 1.165) is 18.8 Å². The molecule has 2 rings (SSSR count). The smallest absolute Gasteiger partial charge is 0.123 e. The van der Waals surface area contributed by atoms with Crippen molar-refractivity contribution in [2.45, 2.75) is 25.9 Å². The summed E-state index contributed by atoms with van der Waals surface area (Å²) in [5.74, 6) is -0.283. The minimum absolute atomic E-state index is 0.283. The third-order valence-electron chi connectivity index (χ3n) is 2.89. The zero-order valence-electron chi connectivity index (χ0n) is 8.91. The van der Waals surface area contributed by atoms with Gasteiger partial charge >= 0.3 is 0 Å². The van der Waals surface area contributed by atoms with Gasteiger partial charge in [-0.15, -0.1) is 0 Å². The predicted octanol–water partition coefficient (Wildman–Crippen LogP) is 2.48. The average molecular weight is 209 g/mol. The Hall–Kier alpha value is -1.09. The lowest BCUT2D eigenvalue weighted by Gasteiger charge is -2.22. The van der Waals surface area contributed by atoms with Gasteiger partial charge in [0.1, 0.15) is 5.82 Å². The van der Waals surface area contributed by atoms with Crippen LogP contribution in [0, 0.1) is 5.82 Å². The monoisotopic (exact) mass is 209 g/mol. The van der Waals surface area contributed by atoms with Gasteiger partial charge in [0.2, 0.25) is 0 Å². The molecule has 1 atom stereocenters. The summed E-state index contributed by atoms with van der Waals surface area (Å²) >= 11 is 0. The zero-order chi connectivity index (χ0) is 10.8. The standard InChI is InChI=1S/C12H16FNO/c1-9(15)11-8-10(13)4-5-12(11)14-6-2-3-7-14/h4-5,8-9,15H,2-3,6-7H2,1H3. The summed E-state index contributed by atoms with van der Waals surface area (Å²) in [5.41, 5.74) is 1.67. The molecule has 1 aromatic rings. The topological polar surface area (TPSA) is 23.5 Å². The number of rotatable bonds is 2. The molecule has 1 aliphatic rings. The molecule has 0 spiro atoms. The Morgan fingerprint density at radius 1 is 1.33 bits per heavy atom. The van der Waals surface area contributed by atoms with E-state index in [-0.39, 0.29) is 5.82 Å². The highest BCUT2D eigenvalue weighted by atomic mass is 19.1. The second-order valence-electron chi connectivity index (χ2n) is 4.07. The van der Waals surface area contributed by atoms with Crippen LogP contribution in [0.25, 0.3) is 0 Å². The molecule has 1 unspecified atom stereocenters. The van der Waals surface area contributed by atoms with Gasteiger partial charge < -0.3 is 10.0 Å². The Morgan fingerprint density at radius 2 is 2.00 bits per heavy atom. The number of anilines is 1. The quantitative estimate of drug-likeness (QED) is 0.808. The summed E-state index contributed by atoms with van der Waals surface area (Å²) in [5, 5.41) is 9.60. The molecule has 82 valence electrons. The third-order valence-corrected chi connectivity index (χ3v) is 2.89. The van der Waals surface area contributed by atoms with Gasteiger partial charge in [0, 0.05) is 24.3 Å². The van der Waals surface area contributed by atoms with Crippen LogP contribution in [0.4, 0.5) is 10.1 Å². The van der Waals surface area contributed by atoms with Crippen LogP contribution in [0.15, 0.2) is 18.2 Å². The van der Waals surface area contributed by atoms with Crippen LogP contribution in [-0.4, -0.2) is 18.2 Å². The molecule has 0 amide bonds. The fourth-order valence-electron chi connectivity index (χ4n) is 2.11. The van der Waals surface area contributed by atoms with Crippen molar-refractivity contribution in [1.82, 2.24) is 0 Å². The largest absolute Gasteiger partial charge is 0.389 e. The van der Waals surface area contributed by atoms with Gasteiger partial charge in [0.15, 0.2) is 0 Å². The molecule has 3 heteroatoms. The second-order valence-corrected chi connectivity index (χ2v) is 4.07. The maximum atomic E-state index is 13.1. The van der Waals surface area contributed by atoms with E-state index in [1.165, 1.54) is 25.0 Å². The fourth-order valence-corrected chi connectivity index (χ4v) is 2.11. The first-order valence-corrected chi connectivity index (χ1v) is 5.41. The van der Waals surface area contributed by atoms with Crippen LogP contribution < -0.4 is 4.90 Å². The number of aliphatic hydroxyl groups is 1. The van der Waals surface area contributed by atoms with E-state index in [0.29, 0.717) is 5.56 Å². The number of nitrogens with zero attached hydrogens (tertiary/aromatic N) is 1. The van der Waals surface area contributed by atoms with Gasteiger partial charge in [-0.3, -0.25) is 0 Å². The van der Waals surface area contributed by atoms with Crippen LogP contribution in [0.2, 0.25) is 0 Å². The van der Waals surface area contributed by atoms with Crippen molar-refractivity contribution in [3.8, 4) is 0 Å². The van der Waals surface area contributed by atoms with Gasteiger partial charge in [-0.1, -0.05) is 0 Å². The lowest BCUT2D eigenvalue weighted by molar-refractivity contribution is 0.199. The first-order valence-electron chi connectivity index (χ1n) is 5.41. The van der Waals surface area contributed by atoms with Crippen molar-refractivity contribution in [2.24, 2.45) is 0 Å². The lowest BCUT2D eigenvalue weighted by Crippen LogP contribution is -2.19. The van der Waals surface area contributed by atoms with Gasteiger partial charge in [0.25, 0.3) is 0 Å². The van der Waals surface area contributed by atoms with E-state index in [9.17, 15) is 9.50 Å². The molecule has 1 aromatic carbocycles. The average Bonchev–Trinajstić information content (AvgIpc) is 2.70. The molecule has 0 aliphatic carbocycles. The number of hydrogen-bond donors (Lipinski definition) is 1. The van der Waals surface area contributed by atoms with E-state index in [1.54, 1.807) is 13.0 Å². The molecule has 1 saturated heterocycles. The van der Waals surface area contributed by atoms with Crippen molar-refractivity contribution in [1.29, 1.82) is 0 Å². The Labute approximate surface area is 89.3 Å². The molecule has 1 heterocycles. The van der Waals surface area contributed by atoms with Crippen LogP contribution in [-0.2, 0) is 0 Å². The first-order chi connectivity index (χ1) is 7.18. The minimum atomic E-state index is -0.615. The molecule has 0 saturated carbocycles. The summed E-state index contributed by atoms with van der Waals surface area (Å²) in [6.07, 6.45) is 1.74. The Morgan fingerprint density at radius 3 is 2.60 bits per heavy atom. The minimum Gasteiger partial charge on any atom is -0.389 e. The van der Waals surface area contributed by atoms with E-state index in [4.69, 9.17) is 0 Å². The van der Waals surface area contributed by atoms with Crippen molar-refractivity contribution in [3.05, 3.63) is 29.6 Å². The molecular weight excluding hydrogens is 193 g/mol. The molecule has 1 N–H and O–H groups in total. The Kier molecular flexibility index (Phi) is 2.91. The highest BCUT2D eigenvalue weighted by Crippen LogP contribution is 2.29. The first kappa shape index (κ1) is 10.4. The van der Waals surface area contributed by atoms with E-state index in [1.807, 2.05) is 0 Å². The highest BCUT2D eigenvalue weighted by Gasteiger charge is 2.18. The normalized spacial score (nSPS) is 18.2. The molecule has 15 heavy (non-hydrogen) atoms. The van der Waals surface area contributed by atoms with Crippen LogP contribution in [0.1, 0.15) is 31.4 Å². The summed E-state index contributed by atoms with van der Waals surface area (Å²) < 4.78 is 13.1. The number of benzene rings is 1. The summed E-state index contributed by atoms with van der Waals surface area (Å²) in [4.78, 5) is 2.21. The van der Waals surface area contributed by atoms with Crippen molar-refractivity contribution in [3.63, 3.8) is 0 Å². The predicted molar refractivity (Wildman–Crippen MR) is 58.5 cm³/mol. The fraction of sp³-hybridized carbons (Fsp3) is 0.500. The van der Waals surface area contributed by atoms with E-state index in [2.05, 4.69) is 4.90 Å². The molecule has 2 nitrogen and oxygen atoms in total. The number of halogens is 1. The SMILES string of the molecule is CC(O)c1cc(F)ccc1N1CCCC1. The Bertz CT molecular complexity index is 345. The van der Waals surface area contributed by atoms with Crippen LogP contribution >= 0.6 is 0 Å². The van der Waals surface area contributed by atoms with Gasteiger partial charge in [-0.25, -0.2) is 4.39 Å². The lowest BCUT2D eigenvalue weighted by atomic mass is 10.1. The highest BCUT2D eigenvalue weighted by molar-refractivity contribution is 5.55. The molecule has 0 radical (unpaired) electrons. The van der Waals surface area contributed by atoms with Crippen LogP contribution in [0.3, 0.4) is 0 Å². The summed E-state index contributed by atoms with van der Waals surface area (Å²) in [7, 11) is 0. The number of aliphatic hydroxyl groups excluding tert-OH is 1. The molecule has 1 fully saturated rings. The summed E-state index contributed by atoms with van der Waals surface area (Å²) in [6, 6.07) is 4.65. The molecular formula is C12H16FNO. The van der Waals surface area contributed by atoms with Gasteiger partial charge in [0.05, 0.1) is 6.10 Å². The van der Waals surface area contributed by atoms with Crippen LogP contribution in [0.5, 0.6) is 0 Å². The summed E-state index contributed by atoms with van der Waals surface area (Å²) in [6.45, 7) is 3.69. The second kappa shape index (κ2) is 4.19. The maximum absolute atomic E-state index is 13.1.